The summed E-state index contributed by atoms with van der Waals surface area (Å²) in [4.78, 5) is 1.22. The number of aryl methyl sites for hydroxylation is 2. The lowest BCUT2D eigenvalue weighted by molar-refractivity contribution is 0.368. The Morgan fingerprint density at radius 2 is 2.22 bits per heavy atom. The molecule has 0 spiro atoms. The highest BCUT2D eigenvalue weighted by atomic mass is 35.5. The average Bonchev–Trinajstić information content (AvgIpc) is 2.84. The van der Waals surface area contributed by atoms with Gasteiger partial charge in [-0.05, 0) is 19.1 Å². The minimum absolute atomic E-state index is 0.734. The molecule has 0 aliphatic heterocycles. The first-order valence-electron chi connectivity index (χ1n) is 5.63. The Labute approximate surface area is 116 Å². The number of nitrogens with zero attached hydrogens (tertiary/aromatic N) is 2. The molecule has 0 aliphatic rings. The van der Waals surface area contributed by atoms with Crippen molar-refractivity contribution in [3.05, 3.63) is 32.6 Å². The van der Waals surface area contributed by atoms with Crippen molar-refractivity contribution in [3.8, 4) is 5.88 Å². The second kappa shape index (κ2) is 5.73. The lowest BCUT2D eigenvalue weighted by Crippen LogP contribution is -2.13. The third-order valence-electron chi connectivity index (χ3n) is 2.71. The molecule has 2 aromatic heterocycles. The zero-order chi connectivity index (χ0) is 13.1. The lowest BCUT2D eigenvalue weighted by atomic mass is 10.2. The van der Waals surface area contributed by atoms with Crippen LogP contribution < -0.4 is 10.1 Å². The Hall–Kier alpha value is -1.04. The van der Waals surface area contributed by atoms with Crippen molar-refractivity contribution >= 4 is 22.9 Å². The maximum Gasteiger partial charge on any atom is 0.216 e. The fourth-order valence-corrected chi connectivity index (χ4v) is 2.95. The molecule has 0 aliphatic carbocycles. The molecule has 0 saturated heterocycles. The summed E-state index contributed by atoms with van der Waals surface area (Å²) in [5.41, 5.74) is 2.09. The van der Waals surface area contributed by atoms with Gasteiger partial charge in [0.2, 0.25) is 5.88 Å². The van der Waals surface area contributed by atoms with Crippen LogP contribution in [-0.2, 0) is 20.1 Å². The predicted molar refractivity (Wildman–Crippen MR) is 74.4 cm³/mol. The predicted octanol–water partition coefficient (Wildman–Crippen LogP) is 2.74. The Kier molecular flexibility index (Phi) is 4.27. The van der Waals surface area contributed by atoms with Gasteiger partial charge in [0.25, 0.3) is 0 Å². The standard InChI is InChI=1S/C12H16ClN3OS/c1-8-10(12(17-3)16(2)15-8)7-14-6-9-4-5-11(13)18-9/h4-5,14H,6-7H2,1-3H3. The van der Waals surface area contributed by atoms with Gasteiger partial charge in [-0.3, -0.25) is 0 Å². The van der Waals surface area contributed by atoms with Gasteiger partial charge in [-0.15, -0.1) is 11.3 Å². The highest BCUT2D eigenvalue weighted by molar-refractivity contribution is 7.16. The molecule has 6 heteroatoms. The van der Waals surface area contributed by atoms with Crippen LogP contribution in [0.15, 0.2) is 12.1 Å². The molecule has 1 N–H and O–H groups in total. The van der Waals surface area contributed by atoms with Gasteiger partial charge in [-0.25, -0.2) is 4.68 Å². The van der Waals surface area contributed by atoms with Gasteiger partial charge in [0.05, 0.1) is 22.7 Å². The number of hydrogen-bond acceptors (Lipinski definition) is 4. The van der Waals surface area contributed by atoms with Crippen molar-refractivity contribution in [1.29, 1.82) is 0 Å². The lowest BCUT2D eigenvalue weighted by Gasteiger charge is -2.06. The summed E-state index contributed by atoms with van der Waals surface area (Å²) in [5.74, 6) is 0.809. The fourth-order valence-electron chi connectivity index (χ4n) is 1.90. The SMILES string of the molecule is COc1c(CNCc2ccc(Cl)s2)c(C)nn1C. The first kappa shape index (κ1) is 13.4. The zero-order valence-corrected chi connectivity index (χ0v) is 12.2. The van der Waals surface area contributed by atoms with Crippen LogP contribution in [0.5, 0.6) is 5.88 Å². The molecule has 0 saturated carbocycles. The van der Waals surface area contributed by atoms with Gasteiger partial charge in [0.15, 0.2) is 0 Å². The van der Waals surface area contributed by atoms with Gasteiger partial charge in [0.1, 0.15) is 0 Å². The molecule has 2 rings (SSSR count). The van der Waals surface area contributed by atoms with E-state index in [1.165, 1.54) is 4.88 Å². The second-order valence-electron chi connectivity index (χ2n) is 4.01. The van der Waals surface area contributed by atoms with Crippen molar-refractivity contribution in [1.82, 2.24) is 15.1 Å². The minimum atomic E-state index is 0.734. The Balaban J connectivity index is 1.98. The number of hydrogen-bond donors (Lipinski definition) is 1. The van der Waals surface area contributed by atoms with Crippen LogP contribution in [0.1, 0.15) is 16.1 Å². The Bertz CT molecular complexity index is 535. The molecule has 2 aromatic rings. The largest absolute Gasteiger partial charge is 0.481 e. The quantitative estimate of drug-likeness (QED) is 0.918. The monoisotopic (exact) mass is 285 g/mol. The maximum absolute atomic E-state index is 5.89. The molecular formula is C12H16ClN3OS. The number of ether oxygens (including phenoxy) is 1. The molecule has 4 nitrogen and oxygen atoms in total. The fraction of sp³-hybridized carbons (Fsp3) is 0.417. The normalized spacial score (nSPS) is 10.9. The third-order valence-corrected chi connectivity index (χ3v) is 3.94. The van der Waals surface area contributed by atoms with E-state index in [2.05, 4.69) is 10.4 Å². The third kappa shape index (κ3) is 2.85. The molecule has 2 heterocycles. The molecule has 0 aromatic carbocycles. The van der Waals surface area contributed by atoms with Crippen LogP contribution in [0.4, 0.5) is 0 Å². The first-order chi connectivity index (χ1) is 8.61. The number of thiophene rings is 1. The van der Waals surface area contributed by atoms with Crippen molar-refractivity contribution in [3.63, 3.8) is 0 Å². The van der Waals surface area contributed by atoms with E-state index in [1.54, 1.807) is 23.1 Å². The Morgan fingerprint density at radius 3 is 2.83 bits per heavy atom. The summed E-state index contributed by atoms with van der Waals surface area (Å²) in [6.45, 7) is 3.52. The topological polar surface area (TPSA) is 39.1 Å². The summed E-state index contributed by atoms with van der Waals surface area (Å²) in [6, 6.07) is 3.95. The van der Waals surface area contributed by atoms with E-state index in [1.807, 2.05) is 26.1 Å². The van der Waals surface area contributed by atoms with Crippen LogP contribution in [0.2, 0.25) is 4.34 Å². The van der Waals surface area contributed by atoms with E-state index >= 15 is 0 Å². The second-order valence-corrected chi connectivity index (χ2v) is 5.81. The number of rotatable bonds is 5. The van der Waals surface area contributed by atoms with E-state index in [-0.39, 0.29) is 0 Å². The maximum atomic E-state index is 5.89. The number of aromatic nitrogens is 2. The molecule has 18 heavy (non-hydrogen) atoms. The molecule has 0 amide bonds. The van der Waals surface area contributed by atoms with Gasteiger partial charge in [-0.1, -0.05) is 11.6 Å². The summed E-state index contributed by atoms with van der Waals surface area (Å²) < 4.78 is 7.93. The van der Waals surface area contributed by atoms with Gasteiger partial charge in [-0.2, -0.15) is 5.10 Å². The molecule has 0 unspecified atom stereocenters. The van der Waals surface area contributed by atoms with Crippen LogP contribution in [-0.4, -0.2) is 16.9 Å². The van der Waals surface area contributed by atoms with Gasteiger partial charge < -0.3 is 10.1 Å². The molecule has 0 atom stereocenters. The number of halogens is 1. The summed E-state index contributed by atoms with van der Waals surface area (Å²) >= 11 is 7.48. The Morgan fingerprint density at radius 1 is 1.44 bits per heavy atom. The molecular weight excluding hydrogens is 270 g/mol. The van der Waals surface area contributed by atoms with Crippen LogP contribution in [0, 0.1) is 6.92 Å². The van der Waals surface area contributed by atoms with Crippen LogP contribution >= 0.6 is 22.9 Å². The van der Waals surface area contributed by atoms with E-state index in [4.69, 9.17) is 16.3 Å². The van der Waals surface area contributed by atoms with Crippen LogP contribution in [0.25, 0.3) is 0 Å². The van der Waals surface area contributed by atoms with Crippen LogP contribution in [0.3, 0.4) is 0 Å². The average molecular weight is 286 g/mol. The summed E-state index contributed by atoms with van der Waals surface area (Å²) in [5, 5.41) is 7.72. The van der Waals surface area contributed by atoms with E-state index in [9.17, 15) is 0 Å². The number of nitrogens with one attached hydrogen (secondary N) is 1. The highest BCUT2D eigenvalue weighted by Crippen LogP contribution is 2.23. The number of methoxy groups -OCH3 is 1. The van der Waals surface area contributed by atoms with Crippen molar-refractivity contribution in [2.24, 2.45) is 7.05 Å². The van der Waals surface area contributed by atoms with E-state index in [0.717, 1.165) is 34.6 Å². The molecule has 98 valence electrons. The zero-order valence-electron chi connectivity index (χ0n) is 10.7. The van der Waals surface area contributed by atoms with Crippen molar-refractivity contribution < 1.29 is 4.74 Å². The van der Waals surface area contributed by atoms with Gasteiger partial charge in [0, 0.05) is 25.0 Å². The molecule has 0 fully saturated rings. The smallest absolute Gasteiger partial charge is 0.216 e. The highest BCUT2D eigenvalue weighted by Gasteiger charge is 2.13. The minimum Gasteiger partial charge on any atom is -0.481 e. The molecule has 0 radical (unpaired) electrons. The summed E-state index contributed by atoms with van der Waals surface area (Å²) in [6.07, 6.45) is 0. The summed E-state index contributed by atoms with van der Waals surface area (Å²) in [7, 11) is 3.55. The molecule has 0 bridgehead atoms. The van der Waals surface area contributed by atoms with Crippen molar-refractivity contribution in [2.75, 3.05) is 7.11 Å². The first-order valence-corrected chi connectivity index (χ1v) is 6.82. The van der Waals surface area contributed by atoms with E-state index < -0.39 is 0 Å². The van der Waals surface area contributed by atoms with Crippen molar-refractivity contribution in [2.45, 2.75) is 20.0 Å². The van der Waals surface area contributed by atoms with Gasteiger partial charge >= 0.3 is 0 Å². The van der Waals surface area contributed by atoms with E-state index in [0.29, 0.717) is 0 Å².